The Balaban J connectivity index is 2.21. The average Bonchev–Trinajstić information content (AvgIpc) is 2.93. The Labute approximate surface area is 119 Å². The third-order valence-corrected chi connectivity index (χ3v) is 4.58. The van der Waals surface area contributed by atoms with Gasteiger partial charge in [-0.3, -0.25) is 0 Å². The van der Waals surface area contributed by atoms with Gasteiger partial charge in [0.2, 0.25) is 0 Å². The Hall–Kier alpha value is -2.01. The number of rotatable bonds is 1. The number of aliphatic hydroxyl groups excluding tert-OH is 2. The second-order valence-electron chi connectivity index (χ2n) is 4.46. The van der Waals surface area contributed by atoms with E-state index in [1.165, 1.54) is 18.1 Å². The molecule has 3 rings (SSSR count). The lowest BCUT2D eigenvalue weighted by atomic mass is 10.2. The van der Waals surface area contributed by atoms with E-state index in [1.807, 2.05) is 0 Å². The van der Waals surface area contributed by atoms with Crippen LogP contribution in [0.2, 0.25) is 0 Å². The molecule has 3 atom stereocenters. The summed E-state index contributed by atoms with van der Waals surface area (Å²) in [7, 11) is 0. The molecule has 102 valence electrons. The van der Waals surface area contributed by atoms with E-state index in [1.54, 1.807) is 10.8 Å². The number of nitrogens with two attached hydrogens (primary N) is 1. The van der Waals surface area contributed by atoms with Gasteiger partial charge < -0.3 is 20.5 Å². The second kappa shape index (κ2) is 4.52. The van der Waals surface area contributed by atoms with E-state index in [0.717, 1.165) is 0 Å². The van der Waals surface area contributed by atoms with E-state index in [4.69, 9.17) is 12.2 Å². The molecule has 4 N–H and O–H groups in total. The van der Waals surface area contributed by atoms with Gasteiger partial charge in [0, 0.05) is 11.1 Å². The number of fused-ring (bicyclic) bond motifs is 1. The molecule has 0 aliphatic carbocycles. The van der Waals surface area contributed by atoms with Gasteiger partial charge in [0.25, 0.3) is 0 Å². The molecule has 0 spiro atoms. The number of hydrogen-bond acceptors (Lipinski definition) is 6. The van der Waals surface area contributed by atoms with Gasteiger partial charge in [-0.2, -0.15) is 0 Å². The van der Waals surface area contributed by atoms with Crippen molar-refractivity contribution in [2.45, 2.75) is 17.6 Å². The summed E-state index contributed by atoms with van der Waals surface area (Å²) in [6, 6.07) is 0. The topological polar surface area (TPSA) is 97.2 Å². The van der Waals surface area contributed by atoms with Crippen molar-refractivity contribution in [2.24, 2.45) is 0 Å². The summed E-state index contributed by atoms with van der Waals surface area (Å²) in [4.78, 5) is 8.61. The molecule has 6 nitrogen and oxygen atoms in total. The van der Waals surface area contributed by atoms with E-state index in [2.05, 4.69) is 22.5 Å². The minimum Gasteiger partial charge on any atom is -0.387 e. The summed E-state index contributed by atoms with van der Waals surface area (Å²) in [5, 5.41) is 20.1. The zero-order valence-corrected chi connectivity index (χ0v) is 11.2. The minimum atomic E-state index is -0.982. The van der Waals surface area contributed by atoms with Gasteiger partial charge in [-0.15, -0.1) is 18.2 Å². The maximum atomic E-state index is 10.1. The van der Waals surface area contributed by atoms with Crippen LogP contribution in [0.5, 0.6) is 0 Å². The van der Waals surface area contributed by atoms with Crippen LogP contribution in [0.15, 0.2) is 24.0 Å². The van der Waals surface area contributed by atoms with Crippen LogP contribution < -0.4 is 5.73 Å². The van der Waals surface area contributed by atoms with Gasteiger partial charge in [-0.25, -0.2) is 9.97 Å². The highest BCUT2D eigenvalue weighted by atomic mass is 32.2. The molecule has 0 bridgehead atoms. The Kier molecular flexibility index (Phi) is 2.94. The zero-order valence-electron chi connectivity index (χ0n) is 10.4. The lowest BCUT2D eigenvalue weighted by Gasteiger charge is -2.17. The van der Waals surface area contributed by atoms with Gasteiger partial charge in [0.1, 0.15) is 35.4 Å². The molecule has 0 radical (unpaired) electrons. The summed E-state index contributed by atoms with van der Waals surface area (Å²) in [5.74, 6) is 2.83. The lowest BCUT2D eigenvalue weighted by Crippen LogP contribution is -2.27. The lowest BCUT2D eigenvalue weighted by molar-refractivity contribution is 0.0415. The molecule has 2 aromatic heterocycles. The molecule has 0 saturated carbocycles. The summed E-state index contributed by atoms with van der Waals surface area (Å²) in [6.45, 7) is 3.73. The molecule has 1 saturated heterocycles. The van der Waals surface area contributed by atoms with Crippen molar-refractivity contribution >= 4 is 28.6 Å². The number of nitrogens with zero attached hydrogens (tertiary/aromatic N) is 3. The standard InChI is InChI=1S/C13H12N4O2S/c1-3-7-4-17(12-8(7)11(14)15-5-16-12)13-10(19)9(18)6(2)20-13/h1,4-5,9-10,13,18-19H,2H2,(H2,14,15,16)/t9?,10?,13-/m1/s1. The van der Waals surface area contributed by atoms with Crippen LogP contribution in [0.4, 0.5) is 5.82 Å². The van der Waals surface area contributed by atoms with Crippen LogP contribution >= 0.6 is 11.8 Å². The third-order valence-electron chi connectivity index (χ3n) is 3.29. The maximum Gasteiger partial charge on any atom is 0.147 e. The molecular formula is C13H12N4O2S. The molecular weight excluding hydrogens is 276 g/mol. The van der Waals surface area contributed by atoms with Crippen LogP contribution in [0.25, 0.3) is 11.0 Å². The van der Waals surface area contributed by atoms with Crippen molar-refractivity contribution in [1.29, 1.82) is 0 Å². The van der Waals surface area contributed by atoms with Gasteiger partial charge in [-0.1, -0.05) is 12.5 Å². The molecule has 0 aromatic carbocycles. The van der Waals surface area contributed by atoms with Crippen molar-refractivity contribution < 1.29 is 10.2 Å². The van der Waals surface area contributed by atoms with Gasteiger partial charge in [0.05, 0.1) is 10.9 Å². The summed E-state index contributed by atoms with van der Waals surface area (Å²) < 4.78 is 1.71. The van der Waals surface area contributed by atoms with Crippen LogP contribution in [-0.4, -0.2) is 37.0 Å². The molecule has 2 aromatic rings. The quantitative estimate of drug-likeness (QED) is 0.660. The molecule has 2 unspecified atom stereocenters. The minimum absolute atomic E-state index is 0.290. The largest absolute Gasteiger partial charge is 0.387 e. The Morgan fingerprint density at radius 2 is 2.20 bits per heavy atom. The van der Waals surface area contributed by atoms with Crippen molar-refractivity contribution in [3.63, 3.8) is 0 Å². The van der Waals surface area contributed by atoms with E-state index < -0.39 is 17.6 Å². The third kappa shape index (κ3) is 1.70. The van der Waals surface area contributed by atoms with E-state index in [9.17, 15) is 10.2 Å². The highest BCUT2D eigenvalue weighted by Gasteiger charge is 2.39. The number of aromatic nitrogens is 3. The fourth-order valence-corrected chi connectivity index (χ4v) is 3.43. The number of anilines is 1. The summed E-state index contributed by atoms with van der Waals surface area (Å²) in [5.41, 5.74) is 6.92. The van der Waals surface area contributed by atoms with Crippen molar-refractivity contribution in [1.82, 2.24) is 14.5 Å². The SMILES string of the molecule is C#Cc1cn([C@@H]2SC(=C)C(O)C2O)c2ncnc(N)c12. The second-order valence-corrected chi connectivity index (χ2v) is 5.71. The first-order valence-corrected chi connectivity index (χ1v) is 6.71. The molecule has 1 aliphatic heterocycles. The molecule has 1 aliphatic rings. The van der Waals surface area contributed by atoms with Crippen molar-refractivity contribution in [2.75, 3.05) is 5.73 Å². The summed E-state index contributed by atoms with van der Waals surface area (Å²) >= 11 is 1.28. The van der Waals surface area contributed by atoms with Gasteiger partial charge >= 0.3 is 0 Å². The first kappa shape index (κ1) is 13.0. The number of nitrogen functional groups attached to an aromatic ring is 1. The van der Waals surface area contributed by atoms with Crippen LogP contribution in [0.3, 0.4) is 0 Å². The Morgan fingerprint density at radius 3 is 2.80 bits per heavy atom. The van der Waals surface area contributed by atoms with Gasteiger partial charge in [0.15, 0.2) is 0 Å². The molecule has 20 heavy (non-hydrogen) atoms. The zero-order chi connectivity index (χ0) is 14.4. The van der Waals surface area contributed by atoms with Crippen molar-refractivity contribution in [3.8, 4) is 12.3 Å². The molecule has 1 fully saturated rings. The van der Waals surface area contributed by atoms with E-state index in [0.29, 0.717) is 27.3 Å². The number of aliphatic hydroxyl groups is 2. The van der Waals surface area contributed by atoms with E-state index in [-0.39, 0.29) is 0 Å². The van der Waals surface area contributed by atoms with Crippen molar-refractivity contribution in [3.05, 3.63) is 29.6 Å². The van der Waals surface area contributed by atoms with Crippen LogP contribution in [0, 0.1) is 12.3 Å². The molecule has 7 heteroatoms. The maximum absolute atomic E-state index is 10.1. The van der Waals surface area contributed by atoms with E-state index >= 15 is 0 Å². The number of hydrogen-bond donors (Lipinski definition) is 3. The number of terminal acetylenes is 1. The summed E-state index contributed by atoms with van der Waals surface area (Å²) in [6.07, 6.45) is 6.54. The monoisotopic (exact) mass is 288 g/mol. The first-order chi connectivity index (χ1) is 9.54. The Morgan fingerprint density at radius 1 is 1.45 bits per heavy atom. The first-order valence-electron chi connectivity index (χ1n) is 5.83. The molecule has 0 amide bonds. The fraction of sp³-hybridized carbons (Fsp3) is 0.231. The highest BCUT2D eigenvalue weighted by Crippen LogP contribution is 2.45. The van der Waals surface area contributed by atoms with Gasteiger partial charge in [-0.05, 0) is 0 Å². The average molecular weight is 288 g/mol. The predicted octanol–water partition coefficient (Wildman–Crippen LogP) is 0.476. The normalized spacial score (nSPS) is 26.1. The molecule has 3 heterocycles. The smallest absolute Gasteiger partial charge is 0.147 e. The number of thioether (sulfide) groups is 1. The fourth-order valence-electron chi connectivity index (χ4n) is 2.27. The Bertz CT molecular complexity index is 749. The predicted molar refractivity (Wildman–Crippen MR) is 77.7 cm³/mol. The van der Waals surface area contributed by atoms with Crippen LogP contribution in [-0.2, 0) is 0 Å². The highest BCUT2D eigenvalue weighted by molar-refractivity contribution is 8.03. The van der Waals surface area contributed by atoms with Crippen LogP contribution in [0.1, 0.15) is 10.9 Å².